The summed E-state index contributed by atoms with van der Waals surface area (Å²) in [4.78, 5) is 17.8. The summed E-state index contributed by atoms with van der Waals surface area (Å²) in [5, 5.41) is 5.62. The standard InChI is InChI=1S/C21H25N3OS/c1-20(2)14-8-10-21(20,3)18(12-14)23-24-19(25)13-26-17-9-11-22-16-7-5-4-6-15(16)17/h4-7,9,11,14H,8,10,12-13H2,1-3H3,(H,24,25)/b23-18-. The lowest BCUT2D eigenvalue weighted by Crippen LogP contribution is -2.34. The molecule has 0 saturated heterocycles. The minimum Gasteiger partial charge on any atom is -0.272 e. The fourth-order valence-corrected chi connectivity index (χ4v) is 5.43. The molecule has 1 aromatic heterocycles. The van der Waals surface area contributed by atoms with Crippen LogP contribution in [0.2, 0.25) is 0 Å². The van der Waals surface area contributed by atoms with Crippen LogP contribution in [-0.2, 0) is 4.79 Å². The number of hydrogen-bond acceptors (Lipinski definition) is 4. The van der Waals surface area contributed by atoms with Gasteiger partial charge < -0.3 is 0 Å². The lowest BCUT2D eigenvalue weighted by Gasteiger charge is -2.34. The van der Waals surface area contributed by atoms with Crippen LogP contribution in [0, 0.1) is 16.7 Å². The largest absolute Gasteiger partial charge is 0.272 e. The Morgan fingerprint density at radius 3 is 2.85 bits per heavy atom. The molecule has 2 aliphatic carbocycles. The number of carbonyl (C=O) groups excluding carboxylic acids is 1. The molecule has 4 nitrogen and oxygen atoms in total. The second kappa shape index (κ2) is 6.38. The van der Waals surface area contributed by atoms with Crippen molar-refractivity contribution in [3.05, 3.63) is 36.5 Å². The average Bonchev–Trinajstić information content (AvgIpc) is 2.98. The lowest BCUT2D eigenvalue weighted by molar-refractivity contribution is -0.118. The number of aromatic nitrogens is 1. The van der Waals surface area contributed by atoms with Gasteiger partial charge in [-0.15, -0.1) is 11.8 Å². The molecule has 1 amide bonds. The van der Waals surface area contributed by atoms with Crippen LogP contribution in [0.25, 0.3) is 10.9 Å². The molecule has 0 spiro atoms. The normalized spacial score (nSPS) is 28.0. The number of benzene rings is 1. The molecule has 2 atom stereocenters. The molecule has 5 heteroatoms. The Kier molecular flexibility index (Phi) is 4.30. The van der Waals surface area contributed by atoms with Crippen molar-refractivity contribution in [2.75, 3.05) is 5.75 Å². The van der Waals surface area contributed by atoms with Crippen LogP contribution >= 0.6 is 11.8 Å². The summed E-state index contributed by atoms with van der Waals surface area (Å²) in [6.07, 6.45) is 5.27. The molecule has 2 unspecified atom stereocenters. The van der Waals surface area contributed by atoms with E-state index < -0.39 is 0 Å². The number of para-hydroxylation sites is 1. The second-order valence-electron chi connectivity index (χ2n) is 8.20. The van der Waals surface area contributed by atoms with Crippen molar-refractivity contribution in [2.45, 2.75) is 44.9 Å². The second-order valence-corrected chi connectivity index (χ2v) is 9.22. The number of rotatable bonds is 4. The molecule has 2 saturated carbocycles. The molecule has 0 aliphatic heterocycles. The Balaban J connectivity index is 1.41. The number of pyridine rings is 1. The highest BCUT2D eigenvalue weighted by molar-refractivity contribution is 8.00. The maximum Gasteiger partial charge on any atom is 0.250 e. The summed E-state index contributed by atoms with van der Waals surface area (Å²) in [5.41, 5.74) is 5.33. The summed E-state index contributed by atoms with van der Waals surface area (Å²) in [6.45, 7) is 7.00. The van der Waals surface area contributed by atoms with E-state index in [0.29, 0.717) is 11.7 Å². The number of nitrogens with one attached hydrogen (secondary N) is 1. The van der Waals surface area contributed by atoms with Gasteiger partial charge in [-0.3, -0.25) is 9.78 Å². The third kappa shape index (κ3) is 2.73. The van der Waals surface area contributed by atoms with Gasteiger partial charge in [0.2, 0.25) is 5.91 Å². The molecule has 2 aromatic rings. The van der Waals surface area contributed by atoms with Crippen LogP contribution < -0.4 is 5.43 Å². The number of amides is 1. The molecule has 2 aliphatic rings. The van der Waals surface area contributed by atoms with Crippen molar-refractivity contribution in [1.82, 2.24) is 10.4 Å². The van der Waals surface area contributed by atoms with Crippen LogP contribution in [0.15, 0.2) is 46.5 Å². The molecule has 26 heavy (non-hydrogen) atoms. The SMILES string of the molecule is CC12CCC(C/C1=N/NC(=O)CSc1ccnc3ccccc13)C2(C)C. The van der Waals surface area contributed by atoms with Gasteiger partial charge in [0.1, 0.15) is 0 Å². The van der Waals surface area contributed by atoms with E-state index in [1.54, 1.807) is 6.20 Å². The zero-order valence-corrected chi connectivity index (χ0v) is 16.4. The first-order chi connectivity index (χ1) is 12.4. The van der Waals surface area contributed by atoms with Gasteiger partial charge >= 0.3 is 0 Å². The number of thioether (sulfide) groups is 1. The van der Waals surface area contributed by atoms with E-state index in [2.05, 4.69) is 36.3 Å². The van der Waals surface area contributed by atoms with Crippen molar-refractivity contribution >= 4 is 34.3 Å². The first-order valence-corrected chi connectivity index (χ1v) is 10.2. The van der Waals surface area contributed by atoms with E-state index in [9.17, 15) is 4.79 Å². The molecule has 2 bridgehead atoms. The van der Waals surface area contributed by atoms with Gasteiger partial charge in [-0.2, -0.15) is 5.10 Å². The van der Waals surface area contributed by atoms with Gasteiger partial charge in [0.25, 0.3) is 0 Å². The van der Waals surface area contributed by atoms with Gasteiger partial charge in [0.05, 0.1) is 11.3 Å². The molecular weight excluding hydrogens is 342 g/mol. The highest BCUT2D eigenvalue weighted by atomic mass is 32.2. The van der Waals surface area contributed by atoms with Crippen LogP contribution in [0.5, 0.6) is 0 Å². The fourth-order valence-electron chi connectivity index (χ4n) is 4.60. The van der Waals surface area contributed by atoms with E-state index in [1.807, 2.05) is 30.3 Å². The number of carbonyl (C=O) groups is 1. The summed E-state index contributed by atoms with van der Waals surface area (Å²) >= 11 is 1.53. The first kappa shape index (κ1) is 17.5. The summed E-state index contributed by atoms with van der Waals surface area (Å²) in [7, 11) is 0. The predicted molar refractivity (Wildman–Crippen MR) is 107 cm³/mol. The van der Waals surface area contributed by atoms with Crippen molar-refractivity contribution in [3.8, 4) is 0 Å². The fraction of sp³-hybridized carbons (Fsp3) is 0.476. The van der Waals surface area contributed by atoms with Crippen LogP contribution in [0.3, 0.4) is 0 Å². The Labute approximate surface area is 158 Å². The Morgan fingerprint density at radius 2 is 2.12 bits per heavy atom. The summed E-state index contributed by atoms with van der Waals surface area (Å²) in [5.74, 6) is 1.00. The molecular formula is C21H25N3OS. The van der Waals surface area contributed by atoms with Crippen molar-refractivity contribution < 1.29 is 4.79 Å². The van der Waals surface area contributed by atoms with Crippen LogP contribution in [0.1, 0.15) is 40.0 Å². The van der Waals surface area contributed by atoms with Gasteiger partial charge in [-0.05, 0) is 42.7 Å². The van der Waals surface area contributed by atoms with Gasteiger partial charge in [0.15, 0.2) is 0 Å². The highest BCUT2D eigenvalue weighted by Crippen LogP contribution is 2.63. The Bertz CT molecular complexity index is 886. The van der Waals surface area contributed by atoms with Gasteiger partial charge in [0, 0.05) is 27.6 Å². The quantitative estimate of drug-likeness (QED) is 0.632. The predicted octanol–water partition coefficient (Wildman–Crippen LogP) is 4.65. The molecule has 136 valence electrons. The Hall–Kier alpha value is -1.88. The average molecular weight is 368 g/mol. The van der Waals surface area contributed by atoms with Crippen LogP contribution in [0.4, 0.5) is 0 Å². The van der Waals surface area contributed by atoms with E-state index >= 15 is 0 Å². The number of fused-ring (bicyclic) bond motifs is 3. The zero-order chi connectivity index (χ0) is 18.4. The topological polar surface area (TPSA) is 54.4 Å². The maximum atomic E-state index is 12.3. The van der Waals surface area contributed by atoms with E-state index in [-0.39, 0.29) is 16.7 Å². The molecule has 1 N–H and O–H groups in total. The smallest absolute Gasteiger partial charge is 0.250 e. The minimum atomic E-state index is -0.0485. The third-order valence-corrected chi connectivity index (χ3v) is 7.87. The number of nitrogens with zero attached hydrogens (tertiary/aromatic N) is 2. The molecule has 2 fully saturated rings. The van der Waals surface area contributed by atoms with E-state index in [4.69, 9.17) is 0 Å². The van der Waals surface area contributed by atoms with Crippen LogP contribution in [-0.4, -0.2) is 22.4 Å². The number of hydrogen-bond donors (Lipinski definition) is 1. The first-order valence-electron chi connectivity index (χ1n) is 9.24. The zero-order valence-electron chi connectivity index (χ0n) is 15.6. The maximum absolute atomic E-state index is 12.3. The molecule has 0 radical (unpaired) electrons. The monoisotopic (exact) mass is 367 g/mol. The minimum absolute atomic E-state index is 0.0485. The highest BCUT2D eigenvalue weighted by Gasteiger charge is 2.59. The number of hydrazone groups is 1. The van der Waals surface area contributed by atoms with Gasteiger partial charge in [-0.1, -0.05) is 39.0 Å². The molecule has 1 aromatic carbocycles. The van der Waals surface area contributed by atoms with Crippen molar-refractivity contribution in [2.24, 2.45) is 21.8 Å². The van der Waals surface area contributed by atoms with E-state index in [0.717, 1.165) is 22.2 Å². The molecule has 4 rings (SSSR count). The summed E-state index contributed by atoms with van der Waals surface area (Å²) < 4.78 is 0. The molecule has 1 heterocycles. The van der Waals surface area contributed by atoms with Gasteiger partial charge in [-0.25, -0.2) is 5.43 Å². The van der Waals surface area contributed by atoms with Crippen molar-refractivity contribution in [3.63, 3.8) is 0 Å². The Morgan fingerprint density at radius 1 is 1.31 bits per heavy atom. The van der Waals surface area contributed by atoms with Crippen molar-refractivity contribution in [1.29, 1.82) is 0 Å². The van der Waals surface area contributed by atoms with E-state index in [1.165, 1.54) is 30.3 Å². The summed E-state index contributed by atoms with van der Waals surface area (Å²) in [6, 6.07) is 9.97. The third-order valence-electron chi connectivity index (χ3n) is 6.80. The lowest BCUT2D eigenvalue weighted by atomic mass is 9.70.